The fourth-order valence-electron chi connectivity index (χ4n) is 3.68. The molecule has 1 saturated heterocycles. The lowest BCUT2D eigenvalue weighted by atomic mass is 10.2. The Morgan fingerprint density at radius 2 is 1.83 bits per heavy atom. The van der Waals surface area contributed by atoms with Crippen molar-refractivity contribution in [1.82, 2.24) is 9.19 Å². The van der Waals surface area contributed by atoms with Gasteiger partial charge in [0.15, 0.2) is 5.82 Å². The van der Waals surface area contributed by atoms with Crippen LogP contribution in [0.3, 0.4) is 0 Å². The van der Waals surface area contributed by atoms with Crippen LogP contribution in [-0.2, 0) is 10.0 Å². The van der Waals surface area contributed by atoms with Gasteiger partial charge in [-0.25, -0.2) is 4.39 Å². The summed E-state index contributed by atoms with van der Waals surface area (Å²) in [6.07, 6.45) is -4.43. The number of anilines is 1. The Morgan fingerprint density at radius 1 is 1.17 bits per heavy atom. The van der Waals surface area contributed by atoms with E-state index in [1.807, 2.05) is 0 Å². The zero-order chi connectivity index (χ0) is 21.8. The number of fused-ring (bicyclic) bond motifs is 1. The van der Waals surface area contributed by atoms with Crippen LogP contribution < -0.4 is 4.90 Å². The number of halogens is 5. The molecule has 1 aromatic heterocycles. The van der Waals surface area contributed by atoms with Gasteiger partial charge in [-0.15, -0.1) is 5.10 Å². The van der Waals surface area contributed by atoms with Crippen molar-refractivity contribution in [2.45, 2.75) is 36.9 Å². The summed E-state index contributed by atoms with van der Waals surface area (Å²) in [4.78, 5) is 0.867. The molecule has 0 aliphatic carbocycles. The molecule has 2 heterocycles. The van der Waals surface area contributed by atoms with Crippen molar-refractivity contribution >= 4 is 38.3 Å². The summed E-state index contributed by atoms with van der Waals surface area (Å²) in [5, 5.41) is 3.76. The SMILES string of the molecule is Cc1ccc(S(=O)(=O)n2nc(N3CCCC3C(F)(F)F)c3c(Cl)cc(F)cc32)cc1. The van der Waals surface area contributed by atoms with Crippen LogP contribution in [0.2, 0.25) is 5.02 Å². The summed E-state index contributed by atoms with van der Waals surface area (Å²) in [6.45, 7) is 1.80. The summed E-state index contributed by atoms with van der Waals surface area (Å²) in [5.41, 5.74) is 0.600. The number of hydrogen-bond acceptors (Lipinski definition) is 4. The van der Waals surface area contributed by atoms with E-state index < -0.39 is 28.1 Å². The first-order chi connectivity index (χ1) is 14.0. The minimum Gasteiger partial charge on any atom is -0.342 e. The van der Waals surface area contributed by atoms with Crippen molar-refractivity contribution in [3.05, 3.63) is 52.8 Å². The van der Waals surface area contributed by atoms with Crippen LogP contribution in [0.15, 0.2) is 41.3 Å². The molecule has 0 N–H and O–H groups in total. The molecule has 1 atom stereocenters. The van der Waals surface area contributed by atoms with Gasteiger partial charge in [-0.05, 0) is 38.0 Å². The van der Waals surface area contributed by atoms with Gasteiger partial charge in [0.2, 0.25) is 0 Å². The fraction of sp³-hybridized carbons (Fsp3) is 0.316. The molecule has 0 bridgehead atoms. The molecule has 0 radical (unpaired) electrons. The highest BCUT2D eigenvalue weighted by molar-refractivity contribution is 7.90. The number of aromatic nitrogens is 2. The maximum absolute atomic E-state index is 14.1. The lowest BCUT2D eigenvalue weighted by Crippen LogP contribution is -2.41. The monoisotopic (exact) mass is 461 g/mol. The van der Waals surface area contributed by atoms with Crippen LogP contribution in [0.25, 0.3) is 10.9 Å². The second-order valence-corrected chi connectivity index (χ2v) is 9.33. The molecular formula is C19H16ClF4N3O2S. The number of nitrogens with zero attached hydrogens (tertiary/aromatic N) is 3. The highest BCUT2D eigenvalue weighted by Crippen LogP contribution is 2.41. The van der Waals surface area contributed by atoms with Gasteiger partial charge in [-0.1, -0.05) is 29.3 Å². The maximum Gasteiger partial charge on any atom is 0.408 e. The van der Waals surface area contributed by atoms with Crippen molar-refractivity contribution in [3.63, 3.8) is 0 Å². The zero-order valence-corrected chi connectivity index (χ0v) is 17.2. The van der Waals surface area contributed by atoms with Crippen molar-refractivity contribution < 1.29 is 26.0 Å². The third-order valence-electron chi connectivity index (χ3n) is 5.10. The standard InChI is InChI=1S/C19H16ClF4N3O2S/c1-11-4-6-13(7-5-11)30(28,29)27-15-10-12(21)9-14(20)17(15)18(25-27)26-8-2-3-16(26)19(22,23)24/h4-7,9-10,16H,2-3,8H2,1H3. The van der Waals surface area contributed by atoms with E-state index in [1.54, 1.807) is 19.1 Å². The van der Waals surface area contributed by atoms with Crippen molar-refractivity contribution in [2.24, 2.45) is 0 Å². The van der Waals surface area contributed by atoms with E-state index in [4.69, 9.17) is 11.6 Å². The molecule has 160 valence electrons. The minimum atomic E-state index is -4.53. The minimum absolute atomic E-state index is 0.0224. The smallest absolute Gasteiger partial charge is 0.342 e. The first-order valence-electron chi connectivity index (χ1n) is 9.03. The fourth-order valence-corrected chi connectivity index (χ4v) is 5.23. The van der Waals surface area contributed by atoms with Crippen molar-refractivity contribution in [3.8, 4) is 0 Å². The Morgan fingerprint density at radius 3 is 2.47 bits per heavy atom. The Balaban J connectivity index is 1.97. The van der Waals surface area contributed by atoms with E-state index >= 15 is 0 Å². The van der Waals surface area contributed by atoms with E-state index in [0.29, 0.717) is 4.09 Å². The Kier molecular flexibility index (Phi) is 4.97. The van der Waals surface area contributed by atoms with Gasteiger partial charge in [-0.2, -0.15) is 25.7 Å². The van der Waals surface area contributed by atoms with Crippen molar-refractivity contribution in [2.75, 3.05) is 11.4 Å². The van der Waals surface area contributed by atoms with Crippen LogP contribution in [0, 0.1) is 12.7 Å². The molecule has 2 aromatic carbocycles. The highest BCUT2D eigenvalue weighted by atomic mass is 35.5. The van der Waals surface area contributed by atoms with Gasteiger partial charge in [0.1, 0.15) is 11.9 Å². The lowest BCUT2D eigenvalue weighted by Gasteiger charge is -2.26. The van der Waals surface area contributed by atoms with Gasteiger partial charge < -0.3 is 4.90 Å². The second kappa shape index (κ2) is 7.12. The molecule has 1 unspecified atom stereocenters. The van der Waals surface area contributed by atoms with Crippen LogP contribution in [-0.4, -0.2) is 36.4 Å². The topological polar surface area (TPSA) is 55.2 Å². The Bertz CT molecular complexity index is 1220. The molecule has 0 spiro atoms. The van der Waals surface area contributed by atoms with E-state index in [0.717, 1.165) is 22.6 Å². The molecular weight excluding hydrogens is 446 g/mol. The number of benzene rings is 2. The number of alkyl halides is 3. The number of aryl methyl sites for hydroxylation is 1. The summed E-state index contributed by atoms with van der Waals surface area (Å²) < 4.78 is 81.5. The molecule has 1 fully saturated rings. The normalized spacial score (nSPS) is 17.8. The predicted molar refractivity (Wildman–Crippen MR) is 105 cm³/mol. The van der Waals surface area contributed by atoms with Gasteiger partial charge in [-0.3, -0.25) is 0 Å². The van der Waals surface area contributed by atoms with Crippen molar-refractivity contribution in [1.29, 1.82) is 0 Å². The van der Waals surface area contributed by atoms with E-state index in [2.05, 4.69) is 5.10 Å². The largest absolute Gasteiger partial charge is 0.408 e. The molecule has 0 saturated carbocycles. The Labute approximate surface area is 174 Å². The first kappa shape index (κ1) is 20.9. The quantitative estimate of drug-likeness (QED) is 0.520. The third kappa shape index (κ3) is 3.41. The second-order valence-electron chi connectivity index (χ2n) is 7.16. The average Bonchev–Trinajstić information content (AvgIpc) is 3.26. The molecule has 3 aromatic rings. The molecule has 1 aliphatic rings. The predicted octanol–water partition coefficient (Wildman–Crippen LogP) is 4.91. The van der Waals surface area contributed by atoms with Crippen LogP contribution in [0.1, 0.15) is 18.4 Å². The summed E-state index contributed by atoms with van der Waals surface area (Å²) >= 11 is 6.14. The van der Waals surface area contributed by atoms with Crippen LogP contribution in [0.4, 0.5) is 23.4 Å². The van der Waals surface area contributed by atoms with E-state index in [9.17, 15) is 26.0 Å². The molecule has 11 heteroatoms. The molecule has 4 rings (SSSR count). The van der Waals surface area contributed by atoms with Gasteiger partial charge in [0.25, 0.3) is 10.0 Å². The average molecular weight is 462 g/mol. The van der Waals surface area contributed by atoms with E-state index in [-0.39, 0.29) is 46.0 Å². The lowest BCUT2D eigenvalue weighted by molar-refractivity contribution is -0.146. The Hall–Kier alpha value is -2.33. The number of hydrogen-bond donors (Lipinski definition) is 0. The highest BCUT2D eigenvalue weighted by Gasteiger charge is 2.47. The van der Waals surface area contributed by atoms with Crippen LogP contribution >= 0.6 is 11.6 Å². The summed E-state index contributed by atoms with van der Waals surface area (Å²) in [6, 6.07) is 5.87. The van der Waals surface area contributed by atoms with Crippen LogP contribution in [0.5, 0.6) is 0 Å². The summed E-state index contributed by atoms with van der Waals surface area (Å²) in [5.74, 6) is -1.06. The zero-order valence-electron chi connectivity index (χ0n) is 15.6. The first-order valence-corrected chi connectivity index (χ1v) is 10.9. The summed E-state index contributed by atoms with van der Waals surface area (Å²) in [7, 11) is -4.31. The molecule has 5 nitrogen and oxygen atoms in total. The molecule has 1 aliphatic heterocycles. The molecule has 0 amide bonds. The van der Waals surface area contributed by atoms with Gasteiger partial charge in [0, 0.05) is 12.6 Å². The maximum atomic E-state index is 14.1. The van der Waals surface area contributed by atoms with Gasteiger partial charge in [0.05, 0.1) is 20.8 Å². The third-order valence-corrected chi connectivity index (χ3v) is 7.00. The van der Waals surface area contributed by atoms with Gasteiger partial charge >= 0.3 is 6.18 Å². The van der Waals surface area contributed by atoms with E-state index in [1.165, 1.54) is 12.1 Å². The molecule has 30 heavy (non-hydrogen) atoms. The number of rotatable bonds is 3.